The third kappa shape index (κ3) is 3.43. The standard InChI is InChI=1S/C25H22N4O4S/c1-2-32-24(31)23-22-13(12-26-23)20(21-16(27-22)8-5-9-17(21)30)18-10-11-19(33-18)34-25-28-14-6-3-4-7-15(14)29-25/h3-4,6-7,10-12,20,26-27H,2,5,8-9H2,1H3,(H,28,29)/t20-/m1/s1. The first-order chi connectivity index (χ1) is 16.6. The van der Waals surface area contributed by atoms with Crippen molar-refractivity contribution in [1.29, 1.82) is 0 Å². The van der Waals surface area contributed by atoms with Crippen LogP contribution in [-0.4, -0.2) is 33.3 Å². The molecule has 34 heavy (non-hydrogen) atoms. The zero-order valence-electron chi connectivity index (χ0n) is 18.4. The molecule has 0 amide bonds. The number of para-hydroxylation sites is 2. The first-order valence-corrected chi connectivity index (χ1v) is 12.1. The van der Waals surface area contributed by atoms with Gasteiger partial charge in [-0.25, -0.2) is 9.78 Å². The number of ketones is 1. The summed E-state index contributed by atoms with van der Waals surface area (Å²) in [6, 6.07) is 11.6. The molecule has 0 saturated carbocycles. The number of Topliss-reactive ketones (excluding diaryl/α,β-unsaturated/α-hetero) is 1. The molecule has 6 rings (SSSR count). The summed E-state index contributed by atoms with van der Waals surface area (Å²) in [7, 11) is 0. The number of aromatic nitrogens is 3. The normalized spacial score (nSPS) is 17.4. The summed E-state index contributed by atoms with van der Waals surface area (Å²) in [6.45, 7) is 2.05. The van der Waals surface area contributed by atoms with E-state index in [1.165, 1.54) is 11.8 Å². The Labute approximate surface area is 199 Å². The first-order valence-electron chi connectivity index (χ1n) is 11.3. The molecule has 0 unspecified atom stereocenters. The number of hydrogen-bond acceptors (Lipinski definition) is 7. The Morgan fingerprint density at radius 2 is 2.12 bits per heavy atom. The Hall–Kier alpha value is -3.72. The molecule has 0 spiro atoms. The number of anilines is 1. The molecule has 3 N–H and O–H groups in total. The average molecular weight is 475 g/mol. The number of ether oxygens (including phenoxy) is 1. The van der Waals surface area contributed by atoms with Crippen molar-refractivity contribution in [1.82, 2.24) is 15.0 Å². The van der Waals surface area contributed by atoms with Crippen molar-refractivity contribution < 1.29 is 18.7 Å². The van der Waals surface area contributed by atoms with Crippen molar-refractivity contribution in [2.24, 2.45) is 0 Å². The molecule has 0 saturated heterocycles. The van der Waals surface area contributed by atoms with E-state index in [-0.39, 0.29) is 12.4 Å². The Morgan fingerprint density at radius 1 is 1.24 bits per heavy atom. The summed E-state index contributed by atoms with van der Waals surface area (Å²) in [4.78, 5) is 36.5. The molecular formula is C25H22N4O4S. The maximum absolute atomic E-state index is 13.0. The molecule has 9 heteroatoms. The van der Waals surface area contributed by atoms with E-state index in [4.69, 9.17) is 9.15 Å². The van der Waals surface area contributed by atoms with E-state index in [0.717, 1.165) is 40.3 Å². The van der Waals surface area contributed by atoms with Gasteiger partial charge >= 0.3 is 5.97 Å². The minimum atomic E-state index is -0.429. The van der Waals surface area contributed by atoms with Gasteiger partial charge in [-0.3, -0.25) is 4.79 Å². The summed E-state index contributed by atoms with van der Waals surface area (Å²) in [5.74, 6) is -0.0741. The Morgan fingerprint density at radius 3 is 2.97 bits per heavy atom. The number of aromatic amines is 2. The van der Waals surface area contributed by atoms with Crippen molar-refractivity contribution in [3.63, 3.8) is 0 Å². The highest BCUT2D eigenvalue weighted by Gasteiger charge is 2.39. The second-order valence-electron chi connectivity index (χ2n) is 8.26. The SMILES string of the molecule is CCOC(=O)c1[nH]cc2c1NC1=C(C(=O)CCC1)[C@H]2c1ccc(Sc2nc3ccccc3[nH]2)o1. The largest absolute Gasteiger partial charge is 0.461 e. The summed E-state index contributed by atoms with van der Waals surface area (Å²) in [5.41, 5.74) is 5.22. The maximum Gasteiger partial charge on any atom is 0.356 e. The molecule has 4 aromatic rings. The van der Waals surface area contributed by atoms with E-state index < -0.39 is 11.9 Å². The number of furan rings is 1. The quantitative estimate of drug-likeness (QED) is 0.333. The summed E-state index contributed by atoms with van der Waals surface area (Å²) in [6.07, 6.45) is 3.78. The van der Waals surface area contributed by atoms with Crippen LogP contribution in [-0.2, 0) is 9.53 Å². The molecule has 2 aliphatic rings. The number of nitrogens with zero attached hydrogens (tertiary/aromatic N) is 1. The molecule has 0 radical (unpaired) electrons. The van der Waals surface area contributed by atoms with Gasteiger partial charge in [-0.2, -0.15) is 0 Å². The van der Waals surface area contributed by atoms with Crippen molar-refractivity contribution in [3.05, 3.63) is 70.9 Å². The highest BCUT2D eigenvalue weighted by atomic mass is 32.2. The number of fused-ring (bicyclic) bond motifs is 2. The second-order valence-corrected chi connectivity index (χ2v) is 9.25. The predicted octanol–water partition coefficient (Wildman–Crippen LogP) is 5.38. The number of allylic oxidation sites excluding steroid dienone is 2. The maximum atomic E-state index is 13.0. The topological polar surface area (TPSA) is 113 Å². The number of hydrogen-bond donors (Lipinski definition) is 3. The number of benzene rings is 1. The van der Waals surface area contributed by atoms with Gasteiger partial charge in [-0.05, 0) is 55.8 Å². The molecule has 1 atom stereocenters. The van der Waals surface area contributed by atoms with Crippen LogP contribution >= 0.6 is 11.8 Å². The van der Waals surface area contributed by atoms with E-state index in [1.807, 2.05) is 36.4 Å². The predicted molar refractivity (Wildman–Crippen MR) is 127 cm³/mol. The van der Waals surface area contributed by atoms with Crippen LogP contribution in [0.4, 0.5) is 5.69 Å². The van der Waals surface area contributed by atoms with Crippen LogP contribution in [0.3, 0.4) is 0 Å². The van der Waals surface area contributed by atoms with Crippen LogP contribution in [0.15, 0.2) is 68.5 Å². The number of carbonyl (C=O) groups excluding carboxylic acids is 2. The number of imidazole rings is 1. The fourth-order valence-corrected chi connectivity index (χ4v) is 5.48. The lowest BCUT2D eigenvalue weighted by Gasteiger charge is -2.31. The molecule has 172 valence electrons. The lowest BCUT2D eigenvalue weighted by molar-refractivity contribution is -0.116. The van der Waals surface area contributed by atoms with Crippen LogP contribution in [0.5, 0.6) is 0 Å². The van der Waals surface area contributed by atoms with Gasteiger partial charge in [0.05, 0.1) is 29.2 Å². The highest BCUT2D eigenvalue weighted by molar-refractivity contribution is 7.99. The number of esters is 1. The van der Waals surface area contributed by atoms with Gasteiger partial charge in [-0.1, -0.05) is 12.1 Å². The van der Waals surface area contributed by atoms with Crippen LogP contribution in [0.25, 0.3) is 11.0 Å². The lowest BCUT2D eigenvalue weighted by Crippen LogP contribution is -2.26. The molecule has 1 aromatic carbocycles. The molecule has 0 bridgehead atoms. The van der Waals surface area contributed by atoms with Crippen LogP contribution in [0, 0.1) is 0 Å². The third-order valence-electron chi connectivity index (χ3n) is 6.17. The van der Waals surface area contributed by atoms with E-state index >= 15 is 0 Å². The van der Waals surface area contributed by atoms with Crippen LogP contribution < -0.4 is 5.32 Å². The summed E-state index contributed by atoms with van der Waals surface area (Å²) in [5, 5.41) is 4.74. The molecule has 8 nitrogen and oxygen atoms in total. The molecular weight excluding hydrogens is 452 g/mol. The van der Waals surface area contributed by atoms with Crippen molar-refractivity contribution in [3.8, 4) is 0 Å². The average Bonchev–Trinajstić information content (AvgIpc) is 3.56. The fourth-order valence-electron chi connectivity index (χ4n) is 4.71. The number of nitrogens with one attached hydrogen (secondary N) is 3. The van der Waals surface area contributed by atoms with E-state index in [1.54, 1.807) is 13.1 Å². The summed E-state index contributed by atoms with van der Waals surface area (Å²) < 4.78 is 11.5. The van der Waals surface area contributed by atoms with Gasteiger partial charge in [0.25, 0.3) is 0 Å². The van der Waals surface area contributed by atoms with Gasteiger partial charge in [0.15, 0.2) is 16.0 Å². The summed E-state index contributed by atoms with van der Waals surface area (Å²) >= 11 is 1.39. The van der Waals surface area contributed by atoms with Crippen LogP contribution in [0.2, 0.25) is 0 Å². The van der Waals surface area contributed by atoms with E-state index in [2.05, 4.69) is 20.3 Å². The van der Waals surface area contributed by atoms with Gasteiger partial charge in [-0.15, -0.1) is 0 Å². The molecule has 3 aromatic heterocycles. The van der Waals surface area contributed by atoms with Crippen molar-refractivity contribution in [2.45, 2.75) is 42.4 Å². The van der Waals surface area contributed by atoms with Crippen molar-refractivity contribution in [2.75, 3.05) is 11.9 Å². The number of rotatable bonds is 5. The zero-order valence-corrected chi connectivity index (χ0v) is 19.3. The van der Waals surface area contributed by atoms with Crippen LogP contribution in [0.1, 0.15) is 53.9 Å². The smallest absolute Gasteiger partial charge is 0.356 e. The van der Waals surface area contributed by atoms with Gasteiger partial charge in [0.1, 0.15) is 11.5 Å². The number of H-pyrrole nitrogens is 2. The van der Waals surface area contributed by atoms with Gasteiger partial charge in [0.2, 0.25) is 0 Å². The zero-order chi connectivity index (χ0) is 23.2. The third-order valence-corrected chi connectivity index (χ3v) is 6.98. The minimum absolute atomic E-state index is 0.103. The fraction of sp³-hybridized carbons (Fsp3) is 0.240. The second kappa shape index (κ2) is 8.25. The Balaban J connectivity index is 1.38. The van der Waals surface area contributed by atoms with E-state index in [9.17, 15) is 9.59 Å². The first kappa shape index (κ1) is 20.9. The van der Waals surface area contributed by atoms with E-state index in [0.29, 0.717) is 34.2 Å². The Bertz CT molecular complexity index is 1430. The Kier molecular flexibility index (Phi) is 5.06. The molecule has 1 aliphatic carbocycles. The lowest BCUT2D eigenvalue weighted by atomic mass is 9.78. The van der Waals surface area contributed by atoms with Gasteiger partial charge < -0.3 is 24.4 Å². The molecule has 1 aliphatic heterocycles. The molecule has 0 fully saturated rings. The van der Waals surface area contributed by atoms with Gasteiger partial charge in [0, 0.05) is 29.5 Å². The number of carbonyl (C=O) groups is 2. The van der Waals surface area contributed by atoms with Crippen molar-refractivity contribution >= 4 is 40.2 Å². The monoisotopic (exact) mass is 474 g/mol. The minimum Gasteiger partial charge on any atom is -0.461 e. The highest BCUT2D eigenvalue weighted by Crippen LogP contribution is 2.47. The molecule has 4 heterocycles.